The lowest BCUT2D eigenvalue weighted by Crippen LogP contribution is -2.32. The number of hydrogen-bond donors (Lipinski definition) is 0. The van der Waals surface area contributed by atoms with Crippen molar-refractivity contribution < 1.29 is 21.9 Å². The Kier molecular flexibility index (Phi) is 4.10. The molecular formula is C12H14BF4N3. The van der Waals surface area contributed by atoms with Crippen molar-refractivity contribution in [1.82, 2.24) is 9.67 Å². The Balaban J connectivity index is 0.000000257. The Morgan fingerprint density at radius 2 is 1.75 bits per heavy atom. The molecule has 0 unspecified atom stereocenters. The zero-order valence-corrected chi connectivity index (χ0v) is 10.9. The minimum Gasteiger partial charge on any atom is -0.418 e. The Labute approximate surface area is 114 Å². The molecule has 0 spiro atoms. The Morgan fingerprint density at radius 1 is 1.15 bits per heavy atom. The molecule has 2 aromatic rings. The summed E-state index contributed by atoms with van der Waals surface area (Å²) in [6, 6.07) is 8.45. The molecule has 20 heavy (non-hydrogen) atoms. The number of benzene rings is 1. The summed E-state index contributed by atoms with van der Waals surface area (Å²) in [4.78, 5) is 0. The summed E-state index contributed by atoms with van der Waals surface area (Å²) in [5.74, 6) is 1.20. The maximum absolute atomic E-state index is 9.75. The highest BCUT2D eigenvalue weighted by Gasteiger charge is 2.21. The van der Waals surface area contributed by atoms with E-state index >= 15 is 0 Å². The number of aromatic nitrogens is 3. The van der Waals surface area contributed by atoms with E-state index in [4.69, 9.17) is 0 Å². The first-order valence-corrected chi connectivity index (χ1v) is 6.25. The minimum absolute atomic E-state index is 1.11. The van der Waals surface area contributed by atoms with E-state index in [0.717, 1.165) is 18.7 Å². The fourth-order valence-electron chi connectivity index (χ4n) is 2.02. The van der Waals surface area contributed by atoms with E-state index in [1.807, 2.05) is 4.68 Å². The van der Waals surface area contributed by atoms with E-state index < -0.39 is 7.25 Å². The van der Waals surface area contributed by atoms with Gasteiger partial charge in [-0.1, -0.05) is 17.7 Å². The average Bonchev–Trinajstić information content (AvgIpc) is 2.87. The van der Waals surface area contributed by atoms with Gasteiger partial charge in [-0.2, -0.15) is 0 Å². The molecule has 1 aliphatic heterocycles. The van der Waals surface area contributed by atoms with Gasteiger partial charge < -0.3 is 17.3 Å². The van der Waals surface area contributed by atoms with Gasteiger partial charge in [0.25, 0.3) is 6.33 Å². The average molecular weight is 287 g/mol. The van der Waals surface area contributed by atoms with Crippen LogP contribution in [-0.4, -0.2) is 16.9 Å². The van der Waals surface area contributed by atoms with Crippen molar-refractivity contribution in [2.24, 2.45) is 0 Å². The monoisotopic (exact) mass is 287 g/mol. The summed E-state index contributed by atoms with van der Waals surface area (Å²) < 4.78 is 43.2. The molecule has 3 nitrogen and oxygen atoms in total. The van der Waals surface area contributed by atoms with Gasteiger partial charge in [-0.25, -0.2) is 4.57 Å². The van der Waals surface area contributed by atoms with Crippen molar-refractivity contribution in [3.8, 4) is 5.69 Å². The predicted octanol–water partition coefficient (Wildman–Crippen LogP) is 2.71. The molecule has 0 saturated carbocycles. The molecule has 1 aromatic heterocycles. The van der Waals surface area contributed by atoms with E-state index in [2.05, 4.69) is 47.2 Å². The van der Waals surface area contributed by atoms with Crippen LogP contribution in [0.4, 0.5) is 17.3 Å². The minimum atomic E-state index is -6.00. The highest BCUT2D eigenvalue weighted by atomic mass is 19.5. The summed E-state index contributed by atoms with van der Waals surface area (Å²) >= 11 is 0. The lowest BCUT2D eigenvalue weighted by molar-refractivity contribution is -0.658. The van der Waals surface area contributed by atoms with Crippen LogP contribution in [0.3, 0.4) is 0 Å². The van der Waals surface area contributed by atoms with Gasteiger partial charge in [0.15, 0.2) is 5.69 Å². The number of halogens is 4. The zero-order chi connectivity index (χ0) is 14.8. The second-order valence-electron chi connectivity index (χ2n) is 4.60. The van der Waals surface area contributed by atoms with E-state index in [0.29, 0.717) is 0 Å². The third-order valence-electron chi connectivity index (χ3n) is 2.90. The van der Waals surface area contributed by atoms with Gasteiger partial charge in [-0.05, 0) is 30.6 Å². The topological polar surface area (TPSA) is 21.7 Å². The second-order valence-corrected chi connectivity index (χ2v) is 4.60. The first-order valence-electron chi connectivity index (χ1n) is 6.25. The molecule has 0 radical (unpaired) electrons. The van der Waals surface area contributed by atoms with Crippen molar-refractivity contribution in [3.05, 3.63) is 42.0 Å². The molecule has 1 aliphatic rings. The zero-order valence-electron chi connectivity index (χ0n) is 10.9. The number of rotatable bonds is 1. The van der Waals surface area contributed by atoms with Gasteiger partial charge >= 0.3 is 7.25 Å². The van der Waals surface area contributed by atoms with Gasteiger partial charge in [0.2, 0.25) is 5.82 Å². The van der Waals surface area contributed by atoms with Gasteiger partial charge in [-0.15, -0.1) is 4.68 Å². The normalized spacial score (nSPS) is 13.7. The molecule has 8 heteroatoms. The summed E-state index contributed by atoms with van der Waals surface area (Å²) in [6.07, 6.45) is 4.43. The Hall–Kier alpha value is -1.86. The molecular weight excluding hydrogens is 273 g/mol. The summed E-state index contributed by atoms with van der Waals surface area (Å²) in [5.41, 5.74) is 2.42. The van der Waals surface area contributed by atoms with Crippen LogP contribution in [0, 0.1) is 6.92 Å². The number of hydrogen-bond acceptors (Lipinski definition) is 1. The van der Waals surface area contributed by atoms with Crippen LogP contribution in [0.5, 0.6) is 0 Å². The SMILES string of the molecule is Cc1ccc(-[n+]2cn3c(n2)CCC3)cc1.F[B-](F)(F)F. The second kappa shape index (κ2) is 5.64. The van der Waals surface area contributed by atoms with Crippen molar-refractivity contribution in [1.29, 1.82) is 0 Å². The highest BCUT2D eigenvalue weighted by molar-refractivity contribution is 6.50. The molecule has 0 aliphatic carbocycles. The lowest BCUT2D eigenvalue weighted by atomic mass is 10.2. The van der Waals surface area contributed by atoms with Gasteiger partial charge in [-0.3, -0.25) is 0 Å². The maximum Gasteiger partial charge on any atom is 0.673 e. The maximum atomic E-state index is 9.75. The summed E-state index contributed by atoms with van der Waals surface area (Å²) in [7, 11) is -6.00. The molecule has 0 atom stereocenters. The summed E-state index contributed by atoms with van der Waals surface area (Å²) in [6.45, 7) is 3.21. The van der Waals surface area contributed by atoms with Crippen molar-refractivity contribution >= 4 is 7.25 Å². The smallest absolute Gasteiger partial charge is 0.418 e. The molecule has 2 heterocycles. The van der Waals surface area contributed by atoms with Crippen LogP contribution in [0.25, 0.3) is 5.69 Å². The first kappa shape index (κ1) is 14.6. The van der Waals surface area contributed by atoms with Crippen LogP contribution >= 0.6 is 0 Å². The largest absolute Gasteiger partial charge is 0.673 e. The molecule has 0 saturated heterocycles. The third kappa shape index (κ3) is 4.08. The van der Waals surface area contributed by atoms with Crippen LogP contribution < -0.4 is 4.68 Å². The third-order valence-corrected chi connectivity index (χ3v) is 2.90. The standard InChI is InChI=1S/C12H14N3.BF4/c1-10-4-6-11(7-5-10)15-9-14-8-2-3-12(14)13-15;2-1(3,4)5/h4-7,9H,2-3,8H2,1H3;/q+1;-1. The quantitative estimate of drug-likeness (QED) is 0.449. The van der Waals surface area contributed by atoms with Crippen LogP contribution in [0.15, 0.2) is 30.6 Å². The van der Waals surface area contributed by atoms with Gasteiger partial charge in [0.05, 0.1) is 6.54 Å². The molecule has 1 aromatic carbocycles. The van der Waals surface area contributed by atoms with Crippen LogP contribution in [0.2, 0.25) is 0 Å². The number of fused-ring (bicyclic) bond motifs is 1. The highest BCUT2D eigenvalue weighted by Crippen LogP contribution is 2.10. The van der Waals surface area contributed by atoms with Crippen molar-refractivity contribution in [3.63, 3.8) is 0 Å². The van der Waals surface area contributed by atoms with Gasteiger partial charge in [0.1, 0.15) is 0 Å². The van der Waals surface area contributed by atoms with Crippen LogP contribution in [-0.2, 0) is 13.0 Å². The first-order chi connectivity index (χ1) is 9.33. The molecule has 0 N–H and O–H groups in total. The van der Waals surface area contributed by atoms with E-state index in [-0.39, 0.29) is 0 Å². The number of nitrogens with zero attached hydrogens (tertiary/aromatic N) is 3. The van der Waals surface area contributed by atoms with Crippen molar-refractivity contribution in [2.45, 2.75) is 26.3 Å². The Morgan fingerprint density at radius 3 is 2.30 bits per heavy atom. The van der Waals surface area contributed by atoms with Crippen LogP contribution in [0.1, 0.15) is 17.8 Å². The van der Waals surface area contributed by atoms with E-state index in [1.54, 1.807) is 0 Å². The van der Waals surface area contributed by atoms with Crippen molar-refractivity contribution in [2.75, 3.05) is 0 Å². The molecule has 0 fully saturated rings. The number of aryl methyl sites for hydroxylation is 3. The molecule has 108 valence electrons. The molecule has 0 bridgehead atoms. The van der Waals surface area contributed by atoms with E-state index in [1.165, 1.54) is 17.8 Å². The fourth-order valence-corrected chi connectivity index (χ4v) is 2.02. The van der Waals surface area contributed by atoms with Gasteiger partial charge in [0, 0.05) is 6.42 Å². The predicted molar refractivity (Wildman–Crippen MR) is 67.0 cm³/mol. The Bertz CT molecular complexity index is 550. The molecule has 0 amide bonds. The fraction of sp³-hybridized carbons (Fsp3) is 0.333. The summed E-state index contributed by atoms with van der Waals surface area (Å²) in [5, 5.41) is 4.57. The lowest BCUT2D eigenvalue weighted by Gasteiger charge is -1.94. The molecule has 3 rings (SSSR count). The van der Waals surface area contributed by atoms with E-state index in [9.17, 15) is 17.3 Å².